The van der Waals surface area contributed by atoms with E-state index in [1.807, 2.05) is 12.2 Å². The third-order valence-electron chi connectivity index (χ3n) is 2.73. The van der Waals surface area contributed by atoms with E-state index in [0.717, 1.165) is 11.1 Å². The molecule has 0 saturated heterocycles. The molecule has 2 aliphatic rings. The van der Waals surface area contributed by atoms with Crippen molar-refractivity contribution in [3.8, 4) is 12.1 Å². The van der Waals surface area contributed by atoms with E-state index in [-0.39, 0.29) is 21.5 Å². The van der Waals surface area contributed by atoms with Crippen LogP contribution in [0.4, 0.5) is 0 Å². The largest absolute Gasteiger partial charge is 0.193 e. The van der Waals surface area contributed by atoms with Crippen LogP contribution in [0.15, 0.2) is 23.3 Å². The lowest BCUT2D eigenvalue weighted by molar-refractivity contribution is 0.550. The van der Waals surface area contributed by atoms with Crippen molar-refractivity contribution in [2.45, 2.75) is 9.65 Å². The molecular weight excluding hydrogens is 308 g/mol. The normalized spacial score (nSPS) is 39.4. The van der Waals surface area contributed by atoms with Crippen molar-refractivity contribution >= 4 is 31.9 Å². The Bertz CT molecular complexity index is 371. The van der Waals surface area contributed by atoms with Gasteiger partial charge in [-0.2, -0.15) is 10.5 Å². The number of halogens is 2. The van der Waals surface area contributed by atoms with Crippen LogP contribution < -0.4 is 0 Å². The van der Waals surface area contributed by atoms with Crippen molar-refractivity contribution in [2.75, 3.05) is 0 Å². The van der Waals surface area contributed by atoms with E-state index in [1.54, 1.807) is 0 Å². The van der Waals surface area contributed by atoms with Crippen molar-refractivity contribution in [3.63, 3.8) is 0 Å². The molecule has 4 unspecified atom stereocenters. The second-order valence-electron chi connectivity index (χ2n) is 3.41. The van der Waals surface area contributed by atoms with Crippen LogP contribution in [-0.4, -0.2) is 9.65 Å². The van der Waals surface area contributed by atoms with Gasteiger partial charge in [0.1, 0.15) is 0 Å². The Labute approximate surface area is 99.2 Å². The average molecular weight is 314 g/mol. The zero-order valence-corrected chi connectivity index (χ0v) is 10.3. The van der Waals surface area contributed by atoms with Crippen molar-refractivity contribution in [2.24, 2.45) is 11.8 Å². The topological polar surface area (TPSA) is 47.6 Å². The Balaban J connectivity index is 2.40. The van der Waals surface area contributed by atoms with Gasteiger partial charge in [0.25, 0.3) is 0 Å². The molecule has 0 saturated carbocycles. The number of rotatable bonds is 0. The lowest BCUT2D eigenvalue weighted by Gasteiger charge is -2.16. The molecule has 2 aliphatic carbocycles. The van der Waals surface area contributed by atoms with E-state index in [4.69, 9.17) is 10.5 Å². The predicted octanol–water partition coefficient (Wildman–Crippen LogP) is 2.67. The van der Waals surface area contributed by atoms with Crippen molar-refractivity contribution in [1.29, 1.82) is 10.5 Å². The molecule has 70 valence electrons. The van der Waals surface area contributed by atoms with Gasteiger partial charge in [0.2, 0.25) is 0 Å². The number of fused-ring (bicyclic) bond motifs is 1. The van der Waals surface area contributed by atoms with Crippen molar-refractivity contribution < 1.29 is 0 Å². The lowest BCUT2D eigenvalue weighted by atomic mass is 9.91. The molecule has 0 heterocycles. The summed E-state index contributed by atoms with van der Waals surface area (Å²) in [5.74, 6) is 0.276. The van der Waals surface area contributed by atoms with E-state index in [1.165, 1.54) is 0 Å². The highest BCUT2D eigenvalue weighted by molar-refractivity contribution is 9.10. The summed E-state index contributed by atoms with van der Waals surface area (Å²) >= 11 is 6.99. The molecule has 0 radical (unpaired) electrons. The van der Waals surface area contributed by atoms with E-state index >= 15 is 0 Å². The average Bonchev–Trinajstić information content (AvgIpc) is 2.67. The first-order valence-electron chi connectivity index (χ1n) is 4.21. The highest BCUT2D eigenvalue weighted by atomic mass is 79.9. The molecule has 2 nitrogen and oxygen atoms in total. The van der Waals surface area contributed by atoms with Gasteiger partial charge in [-0.25, -0.2) is 0 Å². The van der Waals surface area contributed by atoms with Gasteiger partial charge < -0.3 is 0 Å². The van der Waals surface area contributed by atoms with E-state index in [2.05, 4.69) is 44.0 Å². The minimum atomic E-state index is 0.121. The van der Waals surface area contributed by atoms with Crippen LogP contribution >= 0.6 is 31.9 Å². The lowest BCUT2D eigenvalue weighted by Crippen LogP contribution is -2.18. The van der Waals surface area contributed by atoms with Crippen LogP contribution in [0, 0.1) is 34.5 Å². The van der Waals surface area contributed by atoms with Crippen molar-refractivity contribution in [3.05, 3.63) is 23.3 Å². The minimum absolute atomic E-state index is 0.121. The molecule has 4 heteroatoms. The maximum absolute atomic E-state index is 8.94. The number of nitriles is 2. The molecule has 0 N–H and O–H groups in total. The fourth-order valence-electron chi connectivity index (χ4n) is 2.12. The Morgan fingerprint density at radius 2 is 1.29 bits per heavy atom. The fraction of sp³-hybridized carbons (Fsp3) is 0.400. The quantitative estimate of drug-likeness (QED) is 0.646. The zero-order chi connectivity index (χ0) is 10.3. The van der Waals surface area contributed by atoms with Crippen LogP contribution in [0.2, 0.25) is 0 Å². The summed E-state index contributed by atoms with van der Waals surface area (Å²) < 4.78 is 0. The van der Waals surface area contributed by atoms with E-state index in [0.29, 0.717) is 0 Å². The summed E-state index contributed by atoms with van der Waals surface area (Å²) in [6.45, 7) is 0. The number of nitrogens with zero attached hydrogens (tertiary/aromatic N) is 2. The third kappa shape index (κ3) is 1.26. The molecular formula is C10H6Br2N2. The predicted molar refractivity (Wildman–Crippen MR) is 59.8 cm³/mol. The number of hydrogen-bond acceptors (Lipinski definition) is 2. The smallest absolute Gasteiger partial charge is 0.0947 e. The van der Waals surface area contributed by atoms with Gasteiger partial charge >= 0.3 is 0 Å². The SMILES string of the molecule is N#CC1=CC(Br)C2C(C#N)=CC(Br)C12. The Morgan fingerprint density at radius 3 is 1.57 bits per heavy atom. The molecule has 0 aromatic heterocycles. The Hall–Kier alpha value is -0.580. The number of allylic oxidation sites excluding steroid dienone is 4. The summed E-state index contributed by atoms with van der Waals surface area (Å²) in [6.07, 6.45) is 3.82. The second-order valence-corrected chi connectivity index (χ2v) is 5.52. The van der Waals surface area contributed by atoms with Crippen LogP contribution in [-0.2, 0) is 0 Å². The minimum Gasteiger partial charge on any atom is -0.193 e. The standard InChI is InChI=1S/C10H6Br2N2/c11-7-1-5(3-13)9-8(12)2-6(4-14)10(7)9/h1-2,7-10H. The van der Waals surface area contributed by atoms with Crippen LogP contribution in [0.3, 0.4) is 0 Å². The molecule has 0 bridgehead atoms. The number of hydrogen-bond donors (Lipinski definition) is 0. The molecule has 0 amide bonds. The zero-order valence-electron chi connectivity index (χ0n) is 7.11. The van der Waals surface area contributed by atoms with Gasteiger partial charge in [0.05, 0.1) is 12.1 Å². The highest BCUT2D eigenvalue weighted by Crippen LogP contribution is 2.48. The molecule has 0 aliphatic heterocycles. The molecule has 0 spiro atoms. The second kappa shape index (κ2) is 3.53. The molecule has 2 rings (SSSR count). The summed E-state index contributed by atoms with van der Waals surface area (Å²) in [5, 5.41) is 17.9. The van der Waals surface area contributed by atoms with Gasteiger partial charge in [-0.1, -0.05) is 44.0 Å². The Morgan fingerprint density at radius 1 is 0.929 bits per heavy atom. The first-order chi connectivity index (χ1) is 6.69. The highest BCUT2D eigenvalue weighted by Gasteiger charge is 2.45. The first-order valence-corrected chi connectivity index (χ1v) is 6.04. The molecule has 0 fully saturated rings. The van der Waals surface area contributed by atoms with E-state index in [9.17, 15) is 0 Å². The third-order valence-corrected chi connectivity index (χ3v) is 4.39. The monoisotopic (exact) mass is 312 g/mol. The number of alkyl halides is 2. The maximum atomic E-state index is 8.94. The molecule has 0 aromatic rings. The van der Waals surface area contributed by atoms with Crippen LogP contribution in [0.5, 0.6) is 0 Å². The maximum Gasteiger partial charge on any atom is 0.0947 e. The summed E-state index contributed by atoms with van der Waals surface area (Å²) in [5.41, 5.74) is 1.56. The summed E-state index contributed by atoms with van der Waals surface area (Å²) in [6, 6.07) is 4.40. The molecule has 14 heavy (non-hydrogen) atoms. The van der Waals surface area contributed by atoms with Crippen molar-refractivity contribution in [1.82, 2.24) is 0 Å². The first kappa shape index (κ1) is 9.96. The Kier molecular flexibility index (Phi) is 2.51. The van der Waals surface area contributed by atoms with Gasteiger partial charge in [-0.15, -0.1) is 0 Å². The van der Waals surface area contributed by atoms with Gasteiger partial charge in [-0.3, -0.25) is 0 Å². The van der Waals surface area contributed by atoms with Crippen LogP contribution in [0.25, 0.3) is 0 Å². The van der Waals surface area contributed by atoms with Gasteiger partial charge in [0.15, 0.2) is 0 Å². The summed E-state index contributed by atoms with van der Waals surface area (Å²) in [7, 11) is 0. The van der Waals surface area contributed by atoms with Gasteiger partial charge in [0, 0.05) is 32.6 Å². The molecule has 4 atom stereocenters. The van der Waals surface area contributed by atoms with E-state index < -0.39 is 0 Å². The fourth-order valence-corrected chi connectivity index (χ4v) is 3.92. The summed E-state index contributed by atoms with van der Waals surface area (Å²) in [4.78, 5) is 0.242. The van der Waals surface area contributed by atoms with Crippen LogP contribution in [0.1, 0.15) is 0 Å². The van der Waals surface area contributed by atoms with Gasteiger partial charge in [-0.05, 0) is 0 Å². The molecule has 0 aromatic carbocycles.